The van der Waals surface area contributed by atoms with Gasteiger partial charge in [-0.05, 0) is 202 Å². The first kappa shape index (κ1) is 83.5. The Balaban J connectivity index is 0.000000535. The molecular weight excluding hydrogens is 1090 g/mol. The van der Waals surface area contributed by atoms with Crippen molar-refractivity contribution in [2.75, 3.05) is 0 Å². The van der Waals surface area contributed by atoms with Gasteiger partial charge >= 0.3 is 0 Å². The van der Waals surface area contributed by atoms with E-state index < -0.39 is 0 Å². The summed E-state index contributed by atoms with van der Waals surface area (Å²) in [6.07, 6.45) is 27.5. The van der Waals surface area contributed by atoms with E-state index in [1.807, 2.05) is 26.8 Å². The third-order valence-electron chi connectivity index (χ3n) is 22.8. The Kier molecular flexibility index (Phi) is 34.5. The molecule has 4 saturated carbocycles. The van der Waals surface area contributed by atoms with Gasteiger partial charge in [0.2, 0.25) is 0 Å². The Labute approximate surface area is 550 Å². The molecule has 0 N–H and O–H groups in total. The summed E-state index contributed by atoms with van der Waals surface area (Å²) in [6, 6.07) is 0. The van der Waals surface area contributed by atoms with E-state index in [0.29, 0.717) is 124 Å². The number of hydrogen-bond acceptors (Lipinski definition) is 6. The lowest BCUT2D eigenvalue weighted by atomic mass is 9.55. The van der Waals surface area contributed by atoms with Gasteiger partial charge in [0.15, 0.2) is 5.78 Å². The van der Waals surface area contributed by atoms with Gasteiger partial charge in [-0.1, -0.05) is 219 Å². The summed E-state index contributed by atoms with van der Waals surface area (Å²) in [5, 5.41) is 0. The van der Waals surface area contributed by atoms with Crippen molar-refractivity contribution in [2.45, 2.75) is 303 Å². The van der Waals surface area contributed by atoms with Crippen LogP contribution in [0, 0.1) is 116 Å². The SMILES string of the molecule is C=C(C)C1CC(=O)C(C)C(C)C1.C=CCCC(=O)C1CC(C)(C)CCC1C.CC(=O)CC(C)C1=C(C)C=CCC1(C)C.CC(=O)CC(C)C1C(C)CCC(C)C1(C)C.CC(C)CC(=O)C1C(C)CCC(C)C1(C)C.CC1=C(C(=O)CC(C)C)C(C)(C)CC=C1. The number of carbonyl (C=O) groups excluding carboxylic acids is 6. The molecule has 0 spiro atoms. The van der Waals surface area contributed by atoms with Crippen molar-refractivity contribution >= 4 is 34.7 Å². The van der Waals surface area contributed by atoms with E-state index in [1.165, 1.54) is 55.2 Å². The molecule has 0 aromatic carbocycles. The topological polar surface area (TPSA) is 102 Å². The second-order valence-electron chi connectivity index (χ2n) is 34.5. The van der Waals surface area contributed by atoms with E-state index >= 15 is 0 Å². The summed E-state index contributed by atoms with van der Waals surface area (Å²) in [4.78, 5) is 70.5. The predicted octanol–water partition coefficient (Wildman–Crippen LogP) is 23.2. The summed E-state index contributed by atoms with van der Waals surface area (Å²) in [7, 11) is 0. The molecule has 13 atom stereocenters. The Bertz CT molecular complexity index is 2460. The van der Waals surface area contributed by atoms with Gasteiger partial charge in [0, 0.05) is 61.9 Å². The molecule has 6 aliphatic rings. The number of rotatable bonds is 17. The first-order valence-corrected chi connectivity index (χ1v) is 35.8. The van der Waals surface area contributed by atoms with Crippen molar-refractivity contribution < 1.29 is 28.8 Å². The third-order valence-corrected chi connectivity index (χ3v) is 22.8. The second kappa shape index (κ2) is 36.8. The zero-order valence-corrected chi connectivity index (χ0v) is 63.4. The monoisotopic (exact) mass is 1240 g/mol. The number of allylic oxidation sites excluding steroid dienone is 10. The minimum atomic E-state index is 0.0187. The highest BCUT2D eigenvalue weighted by Crippen LogP contribution is 2.52. The van der Waals surface area contributed by atoms with Crippen LogP contribution in [0.3, 0.4) is 0 Å². The fraction of sp³-hybridized carbons (Fsp3) is 0.783. The molecule has 6 heteroatoms. The van der Waals surface area contributed by atoms with Gasteiger partial charge < -0.3 is 9.59 Å². The maximum absolute atomic E-state index is 12.4. The van der Waals surface area contributed by atoms with Crippen LogP contribution in [0.25, 0.3) is 0 Å². The van der Waals surface area contributed by atoms with Gasteiger partial charge in [-0.15, -0.1) is 6.58 Å². The molecule has 6 aliphatic carbocycles. The highest BCUT2D eigenvalue weighted by Gasteiger charge is 2.46. The van der Waals surface area contributed by atoms with Crippen molar-refractivity contribution in [3.63, 3.8) is 0 Å². The van der Waals surface area contributed by atoms with E-state index in [9.17, 15) is 28.8 Å². The van der Waals surface area contributed by atoms with Crippen LogP contribution < -0.4 is 0 Å². The third kappa shape index (κ3) is 26.4. The number of ketones is 6. The van der Waals surface area contributed by atoms with Crippen LogP contribution >= 0.6 is 0 Å². The van der Waals surface area contributed by atoms with Crippen LogP contribution in [-0.2, 0) is 28.8 Å². The lowest BCUT2D eigenvalue weighted by Crippen LogP contribution is -2.44. The summed E-state index contributed by atoms with van der Waals surface area (Å²) in [5.74, 6) is 10.1. The van der Waals surface area contributed by atoms with Crippen LogP contribution in [0.15, 0.2) is 71.4 Å². The van der Waals surface area contributed by atoms with Crippen molar-refractivity contribution in [1.29, 1.82) is 0 Å². The second-order valence-corrected chi connectivity index (χ2v) is 34.5. The molecule has 0 saturated heterocycles. The van der Waals surface area contributed by atoms with Crippen LogP contribution in [0.2, 0.25) is 0 Å². The van der Waals surface area contributed by atoms with E-state index in [0.717, 1.165) is 74.3 Å². The molecule has 6 rings (SSSR count). The average Bonchev–Trinajstić information content (AvgIpc) is 1.30. The van der Waals surface area contributed by atoms with Crippen LogP contribution in [-0.4, -0.2) is 34.7 Å². The summed E-state index contributed by atoms with van der Waals surface area (Å²) in [6.45, 7) is 68.7. The minimum Gasteiger partial charge on any atom is -0.300 e. The molecule has 0 heterocycles. The summed E-state index contributed by atoms with van der Waals surface area (Å²) in [5.41, 5.74) is 7.33. The standard InChI is InChI=1S/2C15H28O.2C14H22O.C14H24O.C11H18O/c1-10-7-8-12(3)15(5,6)14(10)11(2)9-13(4)16;1-10(2)9-13(16)14-11(3)7-8-12(4)15(14,5)6;1-10-7-6-8-14(4,5)13(10)11(2)9-12(3)15;1-10(2)9-12(15)13-11(3)7-6-8-14(13,4)5;1-5-6-7-13(15)12-10-14(3,4)9-8-11(12)2;1-7(2)10-5-8(3)9(4)11(12)6-10/h2*10-12,14H,7-9H2,1-6H3;6-7,11H,8-9H2,1-5H3;6-7,10H,8-9H2,1-5H3;5,11-12H,1,6-10H2,2-4H3;8-10H,1,5-6H2,2-4H3. The number of Topliss-reactive ketones (excluding diaryl/α,β-unsaturated/α-hetero) is 6. The fourth-order valence-electron chi connectivity index (χ4n) is 17.0. The van der Waals surface area contributed by atoms with Crippen LogP contribution in [0.5, 0.6) is 0 Å². The Hall–Kier alpha value is -3.54. The predicted molar refractivity (Wildman–Crippen MR) is 384 cm³/mol. The Morgan fingerprint density at radius 1 is 0.607 bits per heavy atom. The Morgan fingerprint density at radius 2 is 1.11 bits per heavy atom. The smallest absolute Gasteiger partial charge is 0.159 e. The van der Waals surface area contributed by atoms with Crippen molar-refractivity contribution in [2.24, 2.45) is 116 Å². The van der Waals surface area contributed by atoms with Crippen molar-refractivity contribution in [3.8, 4) is 0 Å². The molecular formula is C83H142O6. The van der Waals surface area contributed by atoms with Crippen LogP contribution in [0.4, 0.5) is 0 Å². The molecule has 4 fully saturated rings. The zero-order valence-electron chi connectivity index (χ0n) is 63.4. The lowest BCUT2D eigenvalue weighted by molar-refractivity contribution is -0.134. The minimum absolute atomic E-state index is 0.0187. The molecule has 0 radical (unpaired) electrons. The number of hydrogen-bond donors (Lipinski definition) is 0. The number of carbonyl (C=O) groups is 6. The quantitative estimate of drug-likeness (QED) is 0.134. The molecule has 0 aromatic heterocycles. The van der Waals surface area contributed by atoms with Gasteiger partial charge in [0.1, 0.15) is 28.9 Å². The van der Waals surface area contributed by atoms with Gasteiger partial charge in [-0.3, -0.25) is 19.2 Å². The Morgan fingerprint density at radius 3 is 1.58 bits per heavy atom. The van der Waals surface area contributed by atoms with E-state index in [1.54, 1.807) is 13.8 Å². The molecule has 510 valence electrons. The molecule has 0 aliphatic heterocycles. The first-order valence-electron chi connectivity index (χ1n) is 35.8. The van der Waals surface area contributed by atoms with Gasteiger partial charge in [0.25, 0.3) is 0 Å². The largest absolute Gasteiger partial charge is 0.300 e. The highest BCUT2D eigenvalue weighted by molar-refractivity contribution is 5.98. The molecule has 13 unspecified atom stereocenters. The summed E-state index contributed by atoms with van der Waals surface area (Å²) >= 11 is 0. The maximum Gasteiger partial charge on any atom is 0.159 e. The van der Waals surface area contributed by atoms with Crippen molar-refractivity contribution in [3.05, 3.63) is 71.4 Å². The van der Waals surface area contributed by atoms with E-state index in [2.05, 4.69) is 197 Å². The normalized spacial score (nSPS) is 29.5. The first-order chi connectivity index (χ1) is 40.7. The maximum atomic E-state index is 12.4. The van der Waals surface area contributed by atoms with Gasteiger partial charge in [0.05, 0.1) is 0 Å². The molecule has 6 nitrogen and oxygen atoms in total. The molecule has 0 bridgehead atoms. The average molecular weight is 1240 g/mol. The molecule has 0 aromatic rings. The van der Waals surface area contributed by atoms with Gasteiger partial charge in [-0.2, -0.15) is 0 Å². The molecule has 0 amide bonds. The zero-order chi connectivity index (χ0) is 69.1. The van der Waals surface area contributed by atoms with Crippen molar-refractivity contribution in [1.82, 2.24) is 0 Å². The summed E-state index contributed by atoms with van der Waals surface area (Å²) < 4.78 is 0. The van der Waals surface area contributed by atoms with Gasteiger partial charge in [-0.25, -0.2) is 0 Å². The van der Waals surface area contributed by atoms with Crippen LogP contribution in [0.1, 0.15) is 303 Å². The van der Waals surface area contributed by atoms with E-state index in [-0.39, 0.29) is 33.9 Å². The van der Waals surface area contributed by atoms with E-state index in [4.69, 9.17) is 0 Å². The lowest BCUT2D eigenvalue weighted by Gasteiger charge is -2.50. The highest BCUT2D eigenvalue weighted by atomic mass is 16.1. The fourth-order valence-corrected chi connectivity index (χ4v) is 17.0. The molecule has 89 heavy (non-hydrogen) atoms.